The van der Waals surface area contributed by atoms with Crippen LogP contribution in [0.2, 0.25) is 0 Å². The highest BCUT2D eigenvalue weighted by molar-refractivity contribution is 5.88. The molecule has 0 fully saturated rings. The molecule has 0 amide bonds. The molecular formula is C13H23NO4. The van der Waals surface area contributed by atoms with Gasteiger partial charge in [0.1, 0.15) is 0 Å². The lowest BCUT2D eigenvalue weighted by atomic mass is 10.2. The van der Waals surface area contributed by atoms with Gasteiger partial charge in [-0.2, -0.15) is 0 Å². The maximum absolute atomic E-state index is 10.4. The van der Waals surface area contributed by atoms with Gasteiger partial charge in [0.2, 0.25) is 0 Å². The molecule has 5 heteroatoms. The van der Waals surface area contributed by atoms with Gasteiger partial charge in [0.15, 0.2) is 0 Å². The van der Waals surface area contributed by atoms with Crippen LogP contribution in [0.5, 0.6) is 0 Å². The first-order chi connectivity index (χ1) is 8.61. The number of carbonyl (C=O) groups is 1. The predicted molar refractivity (Wildman–Crippen MR) is 74.1 cm³/mol. The first kappa shape index (κ1) is 21.4. The third kappa shape index (κ3) is 9.33. The lowest BCUT2D eigenvalue weighted by Gasteiger charge is -1.92. The van der Waals surface area contributed by atoms with Crippen molar-refractivity contribution in [2.24, 2.45) is 0 Å². The third-order valence-electron chi connectivity index (χ3n) is 1.30. The molecule has 0 atom stereocenters. The van der Waals surface area contributed by atoms with E-state index in [-0.39, 0.29) is 11.3 Å². The zero-order valence-corrected chi connectivity index (χ0v) is 11.9. The van der Waals surface area contributed by atoms with Crippen molar-refractivity contribution >= 4 is 11.7 Å². The molecular weight excluding hydrogens is 234 g/mol. The Labute approximate surface area is 109 Å². The van der Waals surface area contributed by atoms with Gasteiger partial charge in [0, 0.05) is 12.1 Å². The first-order valence-electron chi connectivity index (χ1n) is 6.09. The van der Waals surface area contributed by atoms with Crippen LogP contribution in [0.25, 0.3) is 0 Å². The summed E-state index contributed by atoms with van der Waals surface area (Å²) in [6.07, 6.45) is 0. The number of hydrogen-bond donors (Lipinski definition) is 1. The summed E-state index contributed by atoms with van der Waals surface area (Å²) in [6.45, 7) is 12.0. The summed E-state index contributed by atoms with van der Waals surface area (Å²) in [5.74, 6) is -1.17. The fraction of sp³-hybridized carbons (Fsp3) is 0.462. The van der Waals surface area contributed by atoms with E-state index in [1.54, 1.807) is 0 Å². The molecule has 1 N–H and O–H groups in total. The van der Waals surface area contributed by atoms with E-state index in [1.807, 2.05) is 41.5 Å². The normalized spacial score (nSPS) is 7.22. The first-order valence-corrected chi connectivity index (χ1v) is 6.09. The zero-order chi connectivity index (χ0) is 15.1. The summed E-state index contributed by atoms with van der Waals surface area (Å²) in [5, 5.41) is 18.7. The standard InChI is InChI=1S/C7H5NO4.3C2H6/c9-7(10)5-2-1-3-6(4-5)8(11)12;3*1-2/h1-4H,(H,9,10);3*1-2H3. The Morgan fingerprint density at radius 2 is 1.56 bits per heavy atom. The van der Waals surface area contributed by atoms with E-state index < -0.39 is 10.9 Å². The SMILES string of the molecule is CC.CC.CC.O=C(O)c1cccc([N+](=O)[O-])c1. The van der Waals surface area contributed by atoms with Gasteiger partial charge in [0.25, 0.3) is 5.69 Å². The summed E-state index contributed by atoms with van der Waals surface area (Å²) < 4.78 is 0. The van der Waals surface area contributed by atoms with Crippen molar-refractivity contribution in [3.63, 3.8) is 0 Å². The van der Waals surface area contributed by atoms with E-state index in [9.17, 15) is 14.9 Å². The summed E-state index contributed by atoms with van der Waals surface area (Å²) in [7, 11) is 0. The van der Waals surface area contributed by atoms with Crippen molar-refractivity contribution in [3.8, 4) is 0 Å². The second-order valence-electron chi connectivity index (χ2n) is 2.11. The molecule has 0 saturated heterocycles. The van der Waals surface area contributed by atoms with Crippen molar-refractivity contribution in [3.05, 3.63) is 39.9 Å². The molecule has 0 aliphatic heterocycles. The Hall–Kier alpha value is -1.91. The minimum absolute atomic E-state index is 0.0794. The van der Waals surface area contributed by atoms with Crippen LogP contribution in [0.4, 0.5) is 5.69 Å². The molecule has 1 rings (SSSR count). The van der Waals surface area contributed by atoms with Crippen LogP contribution < -0.4 is 0 Å². The highest BCUT2D eigenvalue weighted by Gasteiger charge is 2.08. The maximum atomic E-state index is 10.4. The molecule has 5 nitrogen and oxygen atoms in total. The number of nitro groups is 1. The van der Waals surface area contributed by atoms with E-state index in [0.29, 0.717) is 0 Å². The van der Waals surface area contributed by atoms with Gasteiger partial charge >= 0.3 is 5.97 Å². The molecule has 0 unspecified atom stereocenters. The van der Waals surface area contributed by atoms with Gasteiger partial charge in [0.05, 0.1) is 10.5 Å². The average Bonchev–Trinajstić information content (AvgIpc) is 2.45. The Balaban J connectivity index is -0.000000328. The number of nitro benzene ring substituents is 1. The van der Waals surface area contributed by atoms with Gasteiger partial charge in [-0.05, 0) is 6.07 Å². The van der Waals surface area contributed by atoms with E-state index in [4.69, 9.17) is 5.11 Å². The van der Waals surface area contributed by atoms with E-state index >= 15 is 0 Å². The van der Waals surface area contributed by atoms with Crippen molar-refractivity contribution in [1.82, 2.24) is 0 Å². The molecule has 0 aliphatic rings. The van der Waals surface area contributed by atoms with Crippen LogP contribution in [0.15, 0.2) is 24.3 Å². The number of carboxylic acid groups (broad SMARTS) is 1. The number of rotatable bonds is 2. The number of benzene rings is 1. The fourth-order valence-corrected chi connectivity index (χ4v) is 0.753. The Morgan fingerprint density at radius 3 is 1.89 bits per heavy atom. The summed E-state index contributed by atoms with van der Waals surface area (Å²) >= 11 is 0. The third-order valence-corrected chi connectivity index (χ3v) is 1.30. The highest BCUT2D eigenvalue weighted by atomic mass is 16.6. The quantitative estimate of drug-likeness (QED) is 0.630. The van der Waals surface area contributed by atoms with Crippen LogP contribution in [0.3, 0.4) is 0 Å². The smallest absolute Gasteiger partial charge is 0.335 e. The van der Waals surface area contributed by atoms with Crippen molar-refractivity contribution in [1.29, 1.82) is 0 Å². The van der Waals surface area contributed by atoms with Crippen LogP contribution in [0.1, 0.15) is 51.9 Å². The molecule has 1 aromatic rings. The predicted octanol–water partition coefficient (Wildman–Crippen LogP) is 4.37. The van der Waals surface area contributed by atoms with Gasteiger partial charge in [-0.3, -0.25) is 10.1 Å². The molecule has 0 heterocycles. The highest BCUT2D eigenvalue weighted by Crippen LogP contribution is 2.12. The molecule has 1 aromatic carbocycles. The number of hydrogen-bond acceptors (Lipinski definition) is 3. The minimum atomic E-state index is -1.17. The molecule has 0 aromatic heterocycles. The number of non-ortho nitro benzene ring substituents is 1. The van der Waals surface area contributed by atoms with Crippen molar-refractivity contribution in [2.75, 3.05) is 0 Å². The van der Waals surface area contributed by atoms with Crippen molar-refractivity contribution in [2.45, 2.75) is 41.5 Å². The van der Waals surface area contributed by atoms with Crippen molar-refractivity contribution < 1.29 is 14.8 Å². The molecule has 18 heavy (non-hydrogen) atoms. The lowest BCUT2D eigenvalue weighted by Crippen LogP contribution is -1.97. The van der Waals surface area contributed by atoms with Crippen LogP contribution in [-0.4, -0.2) is 16.0 Å². The summed E-state index contributed by atoms with van der Waals surface area (Å²) in [5.41, 5.74) is -0.292. The summed E-state index contributed by atoms with van der Waals surface area (Å²) in [4.78, 5) is 19.9. The Bertz CT molecular complexity index is 308. The fourth-order valence-electron chi connectivity index (χ4n) is 0.753. The molecule has 104 valence electrons. The largest absolute Gasteiger partial charge is 0.478 e. The molecule has 0 saturated carbocycles. The molecule has 0 bridgehead atoms. The second kappa shape index (κ2) is 15.1. The number of carboxylic acids is 1. The monoisotopic (exact) mass is 257 g/mol. The average molecular weight is 257 g/mol. The van der Waals surface area contributed by atoms with Gasteiger partial charge < -0.3 is 5.11 Å². The van der Waals surface area contributed by atoms with Crippen LogP contribution in [-0.2, 0) is 0 Å². The Morgan fingerprint density at radius 1 is 1.11 bits per heavy atom. The van der Waals surface area contributed by atoms with Gasteiger partial charge in [-0.25, -0.2) is 4.79 Å². The summed E-state index contributed by atoms with van der Waals surface area (Å²) in [6, 6.07) is 4.89. The van der Waals surface area contributed by atoms with E-state index in [2.05, 4.69) is 0 Å². The zero-order valence-electron chi connectivity index (χ0n) is 11.9. The molecule has 0 radical (unpaired) electrons. The molecule has 0 aliphatic carbocycles. The maximum Gasteiger partial charge on any atom is 0.335 e. The molecule has 0 spiro atoms. The number of aromatic carboxylic acids is 1. The van der Waals surface area contributed by atoms with Crippen LogP contribution >= 0.6 is 0 Å². The number of nitrogens with zero attached hydrogens (tertiary/aromatic N) is 1. The second-order valence-corrected chi connectivity index (χ2v) is 2.11. The van der Waals surface area contributed by atoms with Crippen LogP contribution in [0, 0.1) is 10.1 Å². The topological polar surface area (TPSA) is 80.4 Å². The van der Waals surface area contributed by atoms with E-state index in [1.165, 1.54) is 18.2 Å². The van der Waals surface area contributed by atoms with E-state index in [0.717, 1.165) is 6.07 Å². The Kier molecular flexibility index (Phi) is 17.9. The lowest BCUT2D eigenvalue weighted by molar-refractivity contribution is -0.384. The minimum Gasteiger partial charge on any atom is -0.478 e. The van der Waals surface area contributed by atoms with Gasteiger partial charge in [-0.1, -0.05) is 47.6 Å². The van der Waals surface area contributed by atoms with Gasteiger partial charge in [-0.15, -0.1) is 0 Å².